The van der Waals surface area contributed by atoms with Crippen LogP contribution in [-0.4, -0.2) is 28.3 Å². The molecule has 2 aromatic rings. The Morgan fingerprint density at radius 1 is 1.35 bits per heavy atom. The van der Waals surface area contributed by atoms with Crippen molar-refractivity contribution in [3.8, 4) is 5.75 Å². The molecule has 5 heteroatoms. The van der Waals surface area contributed by atoms with Gasteiger partial charge in [0.2, 0.25) is 0 Å². The predicted molar refractivity (Wildman–Crippen MR) is 88.0 cm³/mol. The maximum atomic E-state index is 13.9. The molecule has 0 N–H and O–H groups in total. The van der Waals surface area contributed by atoms with Gasteiger partial charge >= 0.3 is 0 Å². The van der Waals surface area contributed by atoms with Crippen LogP contribution < -0.4 is 4.74 Å². The van der Waals surface area contributed by atoms with Gasteiger partial charge in [0, 0.05) is 30.9 Å². The summed E-state index contributed by atoms with van der Waals surface area (Å²) in [5, 5.41) is 4.55. The molecular weight excluding hydrogens is 293 g/mol. The molecule has 124 valence electrons. The van der Waals surface area contributed by atoms with E-state index in [9.17, 15) is 4.39 Å². The summed E-state index contributed by atoms with van der Waals surface area (Å²) in [5.41, 5.74) is 4.64. The SMILES string of the molecule is COc1ccc(CN2CCC[C@@H]2c2c(C)nn(C)c2C)cc1F. The Labute approximate surface area is 136 Å². The van der Waals surface area contributed by atoms with Crippen molar-refractivity contribution in [2.45, 2.75) is 39.3 Å². The highest BCUT2D eigenvalue weighted by atomic mass is 19.1. The van der Waals surface area contributed by atoms with Crippen LogP contribution in [0.3, 0.4) is 0 Å². The first-order chi connectivity index (χ1) is 11.0. The molecular formula is C18H24FN3O. The van der Waals surface area contributed by atoms with E-state index in [0.29, 0.717) is 11.8 Å². The molecule has 1 atom stereocenters. The number of likely N-dealkylation sites (tertiary alicyclic amines) is 1. The van der Waals surface area contributed by atoms with E-state index in [1.165, 1.54) is 18.4 Å². The monoisotopic (exact) mass is 317 g/mol. The second-order valence-electron chi connectivity index (χ2n) is 6.31. The largest absolute Gasteiger partial charge is 0.494 e. The second kappa shape index (κ2) is 6.32. The quantitative estimate of drug-likeness (QED) is 0.864. The first kappa shape index (κ1) is 16.0. The number of rotatable bonds is 4. The Balaban J connectivity index is 1.83. The van der Waals surface area contributed by atoms with Gasteiger partial charge in [0.15, 0.2) is 11.6 Å². The molecule has 23 heavy (non-hydrogen) atoms. The summed E-state index contributed by atoms with van der Waals surface area (Å²) in [6.45, 7) is 5.98. The van der Waals surface area contributed by atoms with Gasteiger partial charge in [0.1, 0.15) is 0 Å². The molecule has 0 amide bonds. The summed E-state index contributed by atoms with van der Waals surface area (Å²) < 4.78 is 20.9. The lowest BCUT2D eigenvalue weighted by atomic mass is 10.0. The van der Waals surface area contributed by atoms with E-state index < -0.39 is 0 Å². The molecule has 1 fully saturated rings. The first-order valence-electron chi connectivity index (χ1n) is 8.07. The Kier molecular flexibility index (Phi) is 4.39. The van der Waals surface area contributed by atoms with Crippen molar-refractivity contribution in [1.29, 1.82) is 0 Å². The average Bonchev–Trinajstić information content (AvgIpc) is 3.04. The van der Waals surface area contributed by atoms with E-state index in [0.717, 1.165) is 37.2 Å². The lowest BCUT2D eigenvalue weighted by molar-refractivity contribution is 0.246. The van der Waals surface area contributed by atoms with Gasteiger partial charge in [-0.1, -0.05) is 6.07 Å². The van der Waals surface area contributed by atoms with Gasteiger partial charge in [0.25, 0.3) is 0 Å². The van der Waals surface area contributed by atoms with Gasteiger partial charge < -0.3 is 4.74 Å². The van der Waals surface area contributed by atoms with E-state index in [2.05, 4.69) is 23.8 Å². The van der Waals surface area contributed by atoms with E-state index in [4.69, 9.17) is 4.74 Å². The van der Waals surface area contributed by atoms with Crippen LogP contribution in [0.5, 0.6) is 5.75 Å². The number of hydrogen-bond acceptors (Lipinski definition) is 3. The summed E-state index contributed by atoms with van der Waals surface area (Å²) in [6.07, 6.45) is 2.29. The fraction of sp³-hybridized carbons (Fsp3) is 0.500. The average molecular weight is 317 g/mol. The smallest absolute Gasteiger partial charge is 0.165 e. The van der Waals surface area contributed by atoms with Crippen LogP contribution in [-0.2, 0) is 13.6 Å². The van der Waals surface area contributed by atoms with Crippen molar-refractivity contribution >= 4 is 0 Å². The zero-order valence-electron chi connectivity index (χ0n) is 14.3. The fourth-order valence-corrected chi connectivity index (χ4v) is 3.66. The van der Waals surface area contributed by atoms with Crippen LogP contribution in [0.25, 0.3) is 0 Å². The van der Waals surface area contributed by atoms with Crippen LogP contribution in [0.2, 0.25) is 0 Å². The Morgan fingerprint density at radius 3 is 2.74 bits per heavy atom. The number of benzene rings is 1. The third-order valence-electron chi connectivity index (χ3n) is 4.86. The summed E-state index contributed by atoms with van der Waals surface area (Å²) in [4.78, 5) is 2.43. The van der Waals surface area contributed by atoms with E-state index >= 15 is 0 Å². The second-order valence-corrected chi connectivity index (χ2v) is 6.31. The molecule has 0 bridgehead atoms. The number of halogens is 1. The standard InChI is InChI=1S/C18H24FN3O/c1-12-18(13(2)21(3)20-12)16-6-5-9-22(16)11-14-7-8-17(23-4)15(19)10-14/h7-8,10,16H,5-6,9,11H2,1-4H3/t16-/m1/s1. The van der Waals surface area contributed by atoms with Gasteiger partial charge in [0.05, 0.1) is 12.8 Å². The van der Waals surface area contributed by atoms with Crippen molar-refractivity contribution in [2.24, 2.45) is 7.05 Å². The van der Waals surface area contributed by atoms with Gasteiger partial charge in [-0.05, 0) is 50.9 Å². The van der Waals surface area contributed by atoms with Gasteiger partial charge in [-0.15, -0.1) is 0 Å². The molecule has 4 nitrogen and oxygen atoms in total. The number of aryl methyl sites for hydroxylation is 2. The normalized spacial score (nSPS) is 18.6. The molecule has 1 aliphatic rings. The number of ether oxygens (including phenoxy) is 1. The topological polar surface area (TPSA) is 30.3 Å². The van der Waals surface area contributed by atoms with Crippen molar-refractivity contribution in [1.82, 2.24) is 14.7 Å². The lowest BCUT2D eigenvalue weighted by Crippen LogP contribution is -2.23. The van der Waals surface area contributed by atoms with Crippen molar-refractivity contribution in [3.05, 3.63) is 46.5 Å². The fourth-order valence-electron chi connectivity index (χ4n) is 3.66. The molecule has 0 aliphatic carbocycles. The third kappa shape index (κ3) is 2.98. The maximum Gasteiger partial charge on any atom is 0.165 e. The molecule has 2 heterocycles. The first-order valence-corrected chi connectivity index (χ1v) is 8.07. The van der Waals surface area contributed by atoms with Gasteiger partial charge in [-0.2, -0.15) is 5.10 Å². The molecule has 1 aliphatic heterocycles. The molecule has 1 aromatic carbocycles. The summed E-state index contributed by atoms with van der Waals surface area (Å²) >= 11 is 0. The Hall–Kier alpha value is -1.88. The van der Waals surface area contributed by atoms with Crippen molar-refractivity contribution in [3.63, 3.8) is 0 Å². The Bertz CT molecular complexity index is 711. The summed E-state index contributed by atoms with van der Waals surface area (Å²) in [6, 6.07) is 5.60. The number of hydrogen-bond donors (Lipinski definition) is 0. The van der Waals surface area contributed by atoms with E-state index in [1.54, 1.807) is 12.1 Å². The zero-order valence-corrected chi connectivity index (χ0v) is 14.3. The molecule has 0 spiro atoms. The maximum absolute atomic E-state index is 13.9. The van der Waals surface area contributed by atoms with Crippen molar-refractivity contribution < 1.29 is 9.13 Å². The van der Waals surface area contributed by atoms with Crippen LogP contribution in [0.1, 0.15) is 41.4 Å². The minimum atomic E-state index is -0.297. The zero-order chi connectivity index (χ0) is 16.6. The number of methoxy groups -OCH3 is 1. The summed E-state index contributed by atoms with van der Waals surface area (Å²) in [7, 11) is 3.48. The lowest BCUT2D eigenvalue weighted by Gasteiger charge is -2.25. The van der Waals surface area contributed by atoms with E-state index in [1.807, 2.05) is 17.8 Å². The minimum absolute atomic E-state index is 0.297. The van der Waals surface area contributed by atoms with Crippen LogP contribution in [0, 0.1) is 19.7 Å². The highest BCUT2D eigenvalue weighted by molar-refractivity contribution is 5.31. The molecule has 0 unspecified atom stereocenters. The molecule has 1 aromatic heterocycles. The highest BCUT2D eigenvalue weighted by Gasteiger charge is 2.30. The third-order valence-corrected chi connectivity index (χ3v) is 4.86. The van der Waals surface area contributed by atoms with Gasteiger partial charge in [-0.25, -0.2) is 4.39 Å². The predicted octanol–water partition coefficient (Wildman–Crippen LogP) is 3.52. The Morgan fingerprint density at radius 2 is 2.13 bits per heavy atom. The van der Waals surface area contributed by atoms with Crippen LogP contribution >= 0.6 is 0 Å². The van der Waals surface area contributed by atoms with Gasteiger partial charge in [-0.3, -0.25) is 9.58 Å². The number of nitrogens with zero attached hydrogens (tertiary/aromatic N) is 3. The van der Waals surface area contributed by atoms with Crippen LogP contribution in [0.15, 0.2) is 18.2 Å². The minimum Gasteiger partial charge on any atom is -0.494 e. The molecule has 0 saturated carbocycles. The molecule has 1 saturated heterocycles. The molecule has 0 radical (unpaired) electrons. The number of aromatic nitrogens is 2. The van der Waals surface area contributed by atoms with Crippen LogP contribution in [0.4, 0.5) is 4.39 Å². The summed E-state index contributed by atoms with van der Waals surface area (Å²) in [5.74, 6) is 0.000144. The highest BCUT2D eigenvalue weighted by Crippen LogP contribution is 2.36. The van der Waals surface area contributed by atoms with E-state index in [-0.39, 0.29) is 5.82 Å². The molecule has 3 rings (SSSR count). The van der Waals surface area contributed by atoms with Crippen molar-refractivity contribution in [2.75, 3.05) is 13.7 Å².